The van der Waals surface area contributed by atoms with Gasteiger partial charge in [0.15, 0.2) is 14.9 Å². The van der Waals surface area contributed by atoms with Gasteiger partial charge in [-0.2, -0.15) is 0 Å². The molecular weight excluding hydrogens is 340 g/mol. The molecule has 0 saturated heterocycles. The van der Waals surface area contributed by atoms with Crippen LogP contribution < -0.4 is 9.86 Å². The lowest BCUT2D eigenvalue weighted by atomic mass is 10.1. The van der Waals surface area contributed by atoms with Crippen molar-refractivity contribution in [3.63, 3.8) is 0 Å². The first-order valence-electron chi connectivity index (χ1n) is 5.53. The molecule has 0 atom stereocenters. The Bertz CT molecular complexity index is 870. The molecule has 11 heteroatoms. The van der Waals surface area contributed by atoms with Gasteiger partial charge < -0.3 is 0 Å². The molecule has 3 N–H and O–H groups in total. The van der Waals surface area contributed by atoms with E-state index in [1.165, 1.54) is 6.07 Å². The van der Waals surface area contributed by atoms with Gasteiger partial charge in [-0.3, -0.25) is 4.72 Å². The fourth-order valence-corrected chi connectivity index (χ4v) is 5.24. The maximum absolute atomic E-state index is 11.8. The van der Waals surface area contributed by atoms with Gasteiger partial charge in [0.2, 0.25) is 20.0 Å². The molecule has 8 nitrogen and oxygen atoms in total. The van der Waals surface area contributed by atoms with Crippen molar-refractivity contribution in [1.82, 2.24) is 0 Å². The Balaban J connectivity index is 3.36. The zero-order chi connectivity index (χ0) is 16.6. The first-order valence-corrected chi connectivity index (χ1v) is 10.8. The third kappa shape index (κ3) is 5.26. The Hall–Kier alpha value is -1.17. The van der Waals surface area contributed by atoms with Gasteiger partial charge in [0, 0.05) is 6.26 Å². The van der Waals surface area contributed by atoms with E-state index in [1.807, 2.05) is 0 Å². The van der Waals surface area contributed by atoms with Crippen LogP contribution in [-0.2, 0) is 29.9 Å². The third-order valence-corrected chi connectivity index (χ3v) is 6.98. The molecule has 120 valence electrons. The lowest BCUT2D eigenvalue weighted by molar-refractivity contribution is 0.592. The Kier molecular flexibility index (Phi) is 4.73. The number of benzene rings is 1. The first-order chi connectivity index (χ1) is 9.21. The van der Waals surface area contributed by atoms with Crippen LogP contribution in [0.1, 0.15) is 11.1 Å². The first kappa shape index (κ1) is 17.9. The molecule has 0 aromatic heterocycles. The van der Waals surface area contributed by atoms with Gasteiger partial charge in [0.25, 0.3) is 0 Å². The summed E-state index contributed by atoms with van der Waals surface area (Å²) in [5.41, 5.74) is 0.945. The average Bonchev–Trinajstić information content (AvgIpc) is 2.18. The van der Waals surface area contributed by atoms with E-state index >= 15 is 0 Å². The fourth-order valence-electron chi connectivity index (χ4n) is 1.58. The summed E-state index contributed by atoms with van der Waals surface area (Å²) < 4.78 is 70.5. The maximum Gasteiger partial charge on any atom is 0.247 e. The number of anilines is 1. The molecule has 0 fully saturated rings. The summed E-state index contributed by atoms with van der Waals surface area (Å²) in [7, 11) is -11.9. The molecule has 0 aliphatic rings. The molecule has 0 saturated carbocycles. The van der Waals surface area contributed by atoms with Gasteiger partial charge in [-0.15, -0.1) is 0 Å². The Morgan fingerprint density at radius 2 is 1.57 bits per heavy atom. The molecule has 0 unspecified atom stereocenters. The van der Waals surface area contributed by atoms with Crippen molar-refractivity contribution in [2.45, 2.75) is 18.7 Å². The Labute approximate surface area is 124 Å². The van der Waals surface area contributed by atoms with Gasteiger partial charge in [-0.25, -0.2) is 30.4 Å². The van der Waals surface area contributed by atoms with Gasteiger partial charge in [-0.05, 0) is 37.1 Å². The predicted octanol–water partition coefficient (Wildman–Crippen LogP) is -0.305. The Morgan fingerprint density at radius 1 is 1.05 bits per heavy atom. The molecule has 1 aromatic carbocycles. The summed E-state index contributed by atoms with van der Waals surface area (Å²) in [5.74, 6) is 0. The van der Waals surface area contributed by atoms with E-state index in [9.17, 15) is 25.3 Å². The second-order valence-corrected chi connectivity index (χ2v) is 10.5. The standard InChI is InChI=1S/C10H16N2O6S3/c1-7-4-9(21(11,17)18)5-10(8(7)2)12-20(15,16)6-19(3,13)14/h4-5,12H,6H2,1-3H3,(H2,11,17,18). The monoisotopic (exact) mass is 356 g/mol. The van der Waals surface area contributed by atoms with E-state index in [0.717, 1.165) is 12.3 Å². The largest absolute Gasteiger partial charge is 0.282 e. The normalized spacial score (nSPS) is 13.1. The molecule has 0 radical (unpaired) electrons. The summed E-state index contributed by atoms with van der Waals surface area (Å²) in [5, 5.41) is 3.91. The average molecular weight is 356 g/mol. The molecule has 0 aliphatic carbocycles. The lowest BCUT2D eigenvalue weighted by Gasteiger charge is -2.13. The highest BCUT2D eigenvalue weighted by Gasteiger charge is 2.21. The summed E-state index contributed by atoms with van der Waals surface area (Å²) in [4.78, 5) is -0.261. The van der Waals surface area contributed by atoms with E-state index in [4.69, 9.17) is 5.14 Å². The molecule has 0 spiro atoms. The van der Waals surface area contributed by atoms with Crippen LogP contribution in [0, 0.1) is 13.8 Å². The molecule has 0 amide bonds. The second kappa shape index (κ2) is 5.55. The molecular formula is C10H16N2O6S3. The van der Waals surface area contributed by atoms with Crippen molar-refractivity contribution < 1.29 is 25.3 Å². The third-order valence-electron chi connectivity index (χ3n) is 2.60. The van der Waals surface area contributed by atoms with Crippen LogP contribution in [0.15, 0.2) is 17.0 Å². The van der Waals surface area contributed by atoms with Crippen molar-refractivity contribution in [2.75, 3.05) is 16.1 Å². The number of sulfone groups is 1. The van der Waals surface area contributed by atoms with Crippen molar-refractivity contribution >= 4 is 35.6 Å². The lowest BCUT2D eigenvalue weighted by Crippen LogP contribution is -2.23. The predicted molar refractivity (Wildman–Crippen MR) is 79.5 cm³/mol. The van der Waals surface area contributed by atoms with Crippen LogP contribution in [0.3, 0.4) is 0 Å². The summed E-state index contributed by atoms with van der Waals surface area (Å²) in [6, 6.07) is 2.36. The van der Waals surface area contributed by atoms with Crippen LogP contribution in [0.25, 0.3) is 0 Å². The molecule has 0 aliphatic heterocycles. The minimum atomic E-state index is -4.17. The van der Waals surface area contributed by atoms with E-state index in [2.05, 4.69) is 4.72 Å². The number of nitrogens with two attached hydrogens (primary N) is 1. The topological polar surface area (TPSA) is 140 Å². The van der Waals surface area contributed by atoms with Crippen molar-refractivity contribution in [1.29, 1.82) is 0 Å². The number of rotatable bonds is 5. The minimum absolute atomic E-state index is 0.0253. The van der Waals surface area contributed by atoms with E-state index in [0.29, 0.717) is 11.1 Å². The van der Waals surface area contributed by atoms with Crippen LogP contribution in [0.4, 0.5) is 5.69 Å². The number of aryl methyl sites for hydroxylation is 1. The SMILES string of the molecule is Cc1cc(S(N)(=O)=O)cc(NS(=O)(=O)CS(C)(=O)=O)c1C. The number of hydrogen-bond acceptors (Lipinski definition) is 6. The quantitative estimate of drug-likeness (QED) is 0.742. The molecule has 1 aromatic rings. The fraction of sp³-hybridized carbons (Fsp3) is 0.400. The Morgan fingerprint density at radius 3 is 2.00 bits per heavy atom. The maximum atomic E-state index is 11.8. The van der Waals surface area contributed by atoms with Gasteiger partial charge >= 0.3 is 0 Å². The van der Waals surface area contributed by atoms with Crippen molar-refractivity contribution in [3.05, 3.63) is 23.3 Å². The van der Waals surface area contributed by atoms with Crippen LogP contribution >= 0.6 is 0 Å². The van der Waals surface area contributed by atoms with E-state index in [-0.39, 0.29) is 10.6 Å². The van der Waals surface area contributed by atoms with Gasteiger partial charge in [0.1, 0.15) is 0 Å². The summed E-state index contributed by atoms with van der Waals surface area (Å²) in [6.45, 7) is 3.15. The van der Waals surface area contributed by atoms with Crippen LogP contribution in [-0.4, -0.2) is 36.6 Å². The molecule has 21 heavy (non-hydrogen) atoms. The minimum Gasteiger partial charge on any atom is -0.282 e. The second-order valence-electron chi connectivity index (χ2n) is 4.72. The van der Waals surface area contributed by atoms with Crippen LogP contribution in [0.2, 0.25) is 0 Å². The van der Waals surface area contributed by atoms with Crippen LogP contribution in [0.5, 0.6) is 0 Å². The van der Waals surface area contributed by atoms with Gasteiger partial charge in [0.05, 0.1) is 10.6 Å². The molecule has 0 heterocycles. The highest BCUT2D eigenvalue weighted by Crippen LogP contribution is 2.24. The van der Waals surface area contributed by atoms with Crippen molar-refractivity contribution in [3.8, 4) is 0 Å². The van der Waals surface area contributed by atoms with E-state index in [1.54, 1.807) is 13.8 Å². The zero-order valence-electron chi connectivity index (χ0n) is 11.6. The van der Waals surface area contributed by atoms with Crippen molar-refractivity contribution in [2.24, 2.45) is 5.14 Å². The van der Waals surface area contributed by atoms with E-state index < -0.39 is 35.0 Å². The number of sulfonamides is 2. The number of hydrogen-bond donors (Lipinski definition) is 2. The summed E-state index contributed by atoms with van der Waals surface area (Å²) in [6.07, 6.45) is 0.783. The summed E-state index contributed by atoms with van der Waals surface area (Å²) >= 11 is 0. The number of primary sulfonamides is 1. The number of nitrogens with one attached hydrogen (secondary N) is 1. The molecule has 1 rings (SSSR count). The van der Waals surface area contributed by atoms with Gasteiger partial charge in [-0.1, -0.05) is 0 Å². The molecule has 0 bridgehead atoms. The highest BCUT2D eigenvalue weighted by atomic mass is 32.3. The smallest absolute Gasteiger partial charge is 0.247 e. The highest BCUT2D eigenvalue weighted by molar-refractivity contribution is 8.08. The zero-order valence-corrected chi connectivity index (χ0v) is 14.1.